The average molecular weight is 321 g/mol. The Kier molecular flexibility index (Phi) is 5.52. The van der Waals surface area contributed by atoms with Gasteiger partial charge < -0.3 is 10.4 Å². The third kappa shape index (κ3) is 4.18. The van der Waals surface area contributed by atoms with E-state index in [-0.39, 0.29) is 18.0 Å². The standard InChI is InChI=1S/C16H23N3O4/c1-3-10(2)15(16(22)23)17-13(20)9-19-14(21)8-11-6-4-5-7-12(11)18-19/h8,10,15H,3-7,9H2,1-2H3,(H,17,20)(H,22,23)/t10-,15-/m0/s1. The first-order valence-electron chi connectivity index (χ1n) is 8.04. The van der Waals surface area contributed by atoms with Crippen LogP contribution in [0.5, 0.6) is 0 Å². The molecule has 1 heterocycles. The van der Waals surface area contributed by atoms with Crippen LogP contribution < -0.4 is 10.9 Å². The molecule has 0 aromatic carbocycles. The fourth-order valence-corrected chi connectivity index (χ4v) is 2.75. The van der Waals surface area contributed by atoms with Gasteiger partial charge in [0.15, 0.2) is 0 Å². The normalized spacial score (nSPS) is 16.3. The van der Waals surface area contributed by atoms with Gasteiger partial charge >= 0.3 is 5.97 Å². The Hall–Kier alpha value is -2.18. The number of carbonyl (C=O) groups excluding carboxylic acids is 1. The molecular formula is C16H23N3O4. The maximum Gasteiger partial charge on any atom is 0.326 e. The van der Waals surface area contributed by atoms with E-state index in [2.05, 4.69) is 10.4 Å². The highest BCUT2D eigenvalue weighted by Crippen LogP contribution is 2.16. The smallest absolute Gasteiger partial charge is 0.326 e. The molecule has 0 saturated carbocycles. The van der Waals surface area contributed by atoms with E-state index in [1.807, 2.05) is 6.92 Å². The third-order valence-electron chi connectivity index (χ3n) is 4.36. The second-order valence-electron chi connectivity index (χ2n) is 6.09. The van der Waals surface area contributed by atoms with Crippen LogP contribution in [-0.4, -0.2) is 32.8 Å². The molecule has 0 aliphatic heterocycles. The third-order valence-corrected chi connectivity index (χ3v) is 4.36. The average Bonchev–Trinajstić information content (AvgIpc) is 2.52. The number of aromatic nitrogens is 2. The second-order valence-corrected chi connectivity index (χ2v) is 6.09. The molecule has 2 N–H and O–H groups in total. The number of nitrogens with one attached hydrogen (secondary N) is 1. The first-order valence-corrected chi connectivity index (χ1v) is 8.04. The summed E-state index contributed by atoms with van der Waals surface area (Å²) < 4.78 is 1.12. The highest BCUT2D eigenvalue weighted by atomic mass is 16.4. The monoisotopic (exact) mass is 321 g/mol. The van der Waals surface area contributed by atoms with Gasteiger partial charge in [0.05, 0.1) is 5.69 Å². The first kappa shape index (κ1) is 17.2. The number of nitrogens with zero attached hydrogens (tertiary/aromatic N) is 2. The zero-order chi connectivity index (χ0) is 17.0. The van der Waals surface area contributed by atoms with Gasteiger partial charge in [-0.1, -0.05) is 20.3 Å². The topological polar surface area (TPSA) is 101 Å². The van der Waals surface area contributed by atoms with Crippen molar-refractivity contribution in [2.75, 3.05) is 0 Å². The van der Waals surface area contributed by atoms with Crippen molar-refractivity contribution in [2.24, 2.45) is 5.92 Å². The largest absolute Gasteiger partial charge is 0.480 e. The number of carbonyl (C=O) groups is 2. The number of rotatable bonds is 6. The van der Waals surface area contributed by atoms with E-state index in [0.717, 1.165) is 41.6 Å². The number of hydrogen-bond acceptors (Lipinski definition) is 4. The van der Waals surface area contributed by atoms with Crippen LogP contribution in [0.2, 0.25) is 0 Å². The van der Waals surface area contributed by atoms with Crippen molar-refractivity contribution < 1.29 is 14.7 Å². The van der Waals surface area contributed by atoms with Gasteiger partial charge in [-0.25, -0.2) is 9.48 Å². The van der Waals surface area contributed by atoms with Crippen LogP contribution in [0, 0.1) is 5.92 Å². The predicted molar refractivity (Wildman–Crippen MR) is 84.2 cm³/mol. The Bertz CT molecular complexity index is 653. The molecule has 0 radical (unpaired) electrons. The molecule has 0 fully saturated rings. The Labute approximate surface area is 134 Å². The molecule has 126 valence electrons. The first-order chi connectivity index (χ1) is 10.9. The minimum absolute atomic E-state index is 0.190. The van der Waals surface area contributed by atoms with E-state index in [1.165, 1.54) is 6.07 Å². The summed E-state index contributed by atoms with van der Waals surface area (Å²) >= 11 is 0. The minimum Gasteiger partial charge on any atom is -0.480 e. The molecule has 7 heteroatoms. The van der Waals surface area contributed by atoms with E-state index in [1.54, 1.807) is 6.92 Å². The van der Waals surface area contributed by atoms with Crippen molar-refractivity contribution in [2.45, 2.75) is 58.5 Å². The van der Waals surface area contributed by atoms with Gasteiger partial charge in [0.1, 0.15) is 12.6 Å². The number of aryl methyl sites for hydroxylation is 2. The summed E-state index contributed by atoms with van der Waals surface area (Å²) in [7, 11) is 0. The molecule has 1 amide bonds. The van der Waals surface area contributed by atoms with Crippen LogP contribution in [-0.2, 0) is 29.0 Å². The summed E-state index contributed by atoms with van der Waals surface area (Å²) in [5.74, 6) is -1.77. The number of carboxylic acids is 1. The van der Waals surface area contributed by atoms with Crippen LogP contribution >= 0.6 is 0 Å². The molecule has 0 unspecified atom stereocenters. The SMILES string of the molecule is CC[C@H](C)[C@H](NC(=O)Cn1nc2c(cc1=O)CCCC2)C(=O)O. The zero-order valence-corrected chi connectivity index (χ0v) is 13.5. The lowest BCUT2D eigenvalue weighted by atomic mass is 9.97. The molecule has 2 atom stereocenters. The lowest BCUT2D eigenvalue weighted by Crippen LogP contribution is -2.47. The molecule has 2 rings (SSSR count). The van der Waals surface area contributed by atoms with E-state index < -0.39 is 17.9 Å². The minimum atomic E-state index is -1.07. The van der Waals surface area contributed by atoms with E-state index in [9.17, 15) is 19.5 Å². The van der Waals surface area contributed by atoms with Gasteiger partial charge in [-0.3, -0.25) is 9.59 Å². The number of carboxylic acid groups (broad SMARTS) is 1. The highest BCUT2D eigenvalue weighted by Gasteiger charge is 2.25. The van der Waals surface area contributed by atoms with E-state index >= 15 is 0 Å². The summed E-state index contributed by atoms with van der Waals surface area (Å²) in [6, 6.07) is 0.582. The molecule has 1 aliphatic rings. The summed E-state index contributed by atoms with van der Waals surface area (Å²) in [4.78, 5) is 35.4. The van der Waals surface area contributed by atoms with Crippen molar-refractivity contribution >= 4 is 11.9 Å². The summed E-state index contributed by atoms with van der Waals surface area (Å²) in [5, 5.41) is 16.0. The second kappa shape index (κ2) is 7.39. The molecule has 1 aromatic heterocycles. The van der Waals surface area contributed by atoms with Gasteiger partial charge in [-0.05, 0) is 37.2 Å². The van der Waals surface area contributed by atoms with Crippen LogP contribution in [0.4, 0.5) is 0 Å². The summed E-state index contributed by atoms with van der Waals surface area (Å²) in [6.07, 6.45) is 4.36. The molecular weight excluding hydrogens is 298 g/mol. The van der Waals surface area contributed by atoms with Crippen LogP contribution in [0.25, 0.3) is 0 Å². The number of hydrogen-bond donors (Lipinski definition) is 2. The molecule has 0 saturated heterocycles. The Morgan fingerprint density at radius 1 is 1.39 bits per heavy atom. The van der Waals surface area contributed by atoms with Gasteiger partial charge in [0.25, 0.3) is 5.56 Å². The Morgan fingerprint density at radius 2 is 2.09 bits per heavy atom. The summed E-state index contributed by atoms with van der Waals surface area (Å²) in [6.45, 7) is 3.37. The van der Waals surface area contributed by atoms with Crippen LogP contribution in [0.1, 0.15) is 44.4 Å². The molecule has 7 nitrogen and oxygen atoms in total. The van der Waals surface area contributed by atoms with E-state index in [0.29, 0.717) is 6.42 Å². The molecule has 1 aliphatic carbocycles. The highest BCUT2D eigenvalue weighted by molar-refractivity contribution is 5.83. The molecule has 23 heavy (non-hydrogen) atoms. The summed E-state index contributed by atoms with van der Waals surface area (Å²) in [5.41, 5.74) is 1.50. The Morgan fingerprint density at radius 3 is 2.74 bits per heavy atom. The zero-order valence-electron chi connectivity index (χ0n) is 13.5. The Balaban J connectivity index is 2.11. The van der Waals surface area contributed by atoms with Crippen LogP contribution in [0.3, 0.4) is 0 Å². The maximum atomic E-state index is 12.1. The van der Waals surface area contributed by atoms with Crippen molar-refractivity contribution in [3.05, 3.63) is 27.7 Å². The van der Waals surface area contributed by atoms with Gasteiger partial charge in [0, 0.05) is 6.07 Å². The van der Waals surface area contributed by atoms with Crippen molar-refractivity contribution in [3.63, 3.8) is 0 Å². The van der Waals surface area contributed by atoms with Gasteiger partial charge in [-0.15, -0.1) is 0 Å². The van der Waals surface area contributed by atoms with E-state index in [4.69, 9.17) is 0 Å². The number of amides is 1. The van der Waals surface area contributed by atoms with Crippen molar-refractivity contribution in [1.29, 1.82) is 0 Å². The van der Waals surface area contributed by atoms with Crippen molar-refractivity contribution in [3.8, 4) is 0 Å². The fraction of sp³-hybridized carbons (Fsp3) is 0.625. The quantitative estimate of drug-likeness (QED) is 0.804. The number of fused-ring (bicyclic) bond motifs is 1. The lowest BCUT2D eigenvalue weighted by Gasteiger charge is -2.20. The maximum absolute atomic E-state index is 12.1. The molecule has 0 spiro atoms. The molecule has 0 bridgehead atoms. The fourth-order valence-electron chi connectivity index (χ4n) is 2.75. The van der Waals surface area contributed by atoms with Gasteiger partial charge in [-0.2, -0.15) is 5.10 Å². The van der Waals surface area contributed by atoms with Crippen molar-refractivity contribution in [1.82, 2.24) is 15.1 Å². The van der Waals surface area contributed by atoms with Gasteiger partial charge in [0.2, 0.25) is 5.91 Å². The number of aliphatic carboxylic acids is 1. The molecule has 1 aromatic rings. The lowest BCUT2D eigenvalue weighted by molar-refractivity contribution is -0.143. The predicted octanol–water partition coefficient (Wildman–Crippen LogP) is 0.738. The van der Waals surface area contributed by atoms with Crippen LogP contribution in [0.15, 0.2) is 10.9 Å².